The summed E-state index contributed by atoms with van der Waals surface area (Å²) in [5, 5.41) is 0. The third-order valence-corrected chi connectivity index (χ3v) is 5.59. The van der Waals surface area contributed by atoms with Crippen LogP contribution < -0.4 is 11.2 Å². The summed E-state index contributed by atoms with van der Waals surface area (Å²) in [6.45, 7) is 0.517. The average Bonchev–Trinajstić information content (AvgIpc) is 3.23. The average molecular weight is 408 g/mol. The van der Waals surface area contributed by atoms with Crippen LogP contribution in [0.3, 0.4) is 0 Å². The molecule has 0 N–H and O–H groups in total. The van der Waals surface area contributed by atoms with Crippen LogP contribution in [0, 0.1) is 0 Å². The number of likely N-dealkylation sites (tertiary alicyclic amines) is 1. The zero-order valence-electron chi connectivity index (χ0n) is 17.1. The second kappa shape index (κ2) is 8.14. The van der Waals surface area contributed by atoms with Crippen molar-refractivity contribution in [1.82, 2.24) is 19.0 Å². The Hall–Kier alpha value is -3.42. The maximum atomic E-state index is 13.3. The van der Waals surface area contributed by atoms with Crippen molar-refractivity contribution in [2.45, 2.75) is 31.7 Å². The maximum Gasteiger partial charge on any atom is 0.331 e. The van der Waals surface area contributed by atoms with Gasteiger partial charge in [0, 0.05) is 33.1 Å². The van der Waals surface area contributed by atoms with Gasteiger partial charge in [-0.2, -0.15) is 0 Å². The molecule has 1 fully saturated rings. The number of oxazole rings is 1. The Kier molecular flexibility index (Phi) is 5.39. The number of hydrogen-bond acceptors (Lipinski definition) is 5. The van der Waals surface area contributed by atoms with Crippen LogP contribution in [0.1, 0.15) is 53.0 Å². The molecule has 1 saturated heterocycles. The van der Waals surface area contributed by atoms with Crippen molar-refractivity contribution in [3.05, 3.63) is 86.3 Å². The molecular formula is C22H24N4O4. The molecule has 0 saturated carbocycles. The van der Waals surface area contributed by atoms with Gasteiger partial charge in [0.05, 0.1) is 6.20 Å². The second-order valence-electron chi connectivity index (χ2n) is 7.61. The maximum absolute atomic E-state index is 13.3. The number of amides is 1. The van der Waals surface area contributed by atoms with Crippen LogP contribution in [0.5, 0.6) is 0 Å². The highest BCUT2D eigenvalue weighted by Gasteiger charge is 2.33. The van der Waals surface area contributed by atoms with Crippen LogP contribution in [-0.4, -0.2) is 31.5 Å². The molecule has 1 amide bonds. The summed E-state index contributed by atoms with van der Waals surface area (Å²) in [6, 6.07) is 10.8. The number of piperidine rings is 1. The highest BCUT2D eigenvalue weighted by Crippen LogP contribution is 2.32. The molecule has 0 unspecified atom stereocenters. The van der Waals surface area contributed by atoms with Crippen molar-refractivity contribution in [3.8, 4) is 0 Å². The van der Waals surface area contributed by atoms with Crippen LogP contribution in [0.4, 0.5) is 0 Å². The van der Waals surface area contributed by atoms with Gasteiger partial charge in [0.2, 0.25) is 5.89 Å². The lowest BCUT2D eigenvalue weighted by molar-refractivity contribution is 0.0558. The standard InChI is InChI=1S/C22H24N4O4/c1-24-18(13-19(27)25(2)22(24)29)21(28)26-11-7-6-10-17(26)20-23-14-16(30-20)12-15-8-4-3-5-9-15/h3-5,8-9,13-14,17H,6-7,10-12H2,1-2H3/t17-/m1/s1. The van der Waals surface area contributed by atoms with Crippen LogP contribution in [0.2, 0.25) is 0 Å². The van der Waals surface area contributed by atoms with Gasteiger partial charge < -0.3 is 9.32 Å². The van der Waals surface area contributed by atoms with E-state index in [1.807, 2.05) is 30.3 Å². The van der Waals surface area contributed by atoms with Gasteiger partial charge in [-0.05, 0) is 24.8 Å². The number of rotatable bonds is 4. The monoisotopic (exact) mass is 408 g/mol. The lowest BCUT2D eigenvalue weighted by Gasteiger charge is -2.34. The lowest BCUT2D eigenvalue weighted by atomic mass is 10.0. The minimum absolute atomic E-state index is 0.0751. The fourth-order valence-corrected chi connectivity index (χ4v) is 3.87. The summed E-state index contributed by atoms with van der Waals surface area (Å²) in [4.78, 5) is 43.7. The molecule has 3 aromatic rings. The van der Waals surface area contributed by atoms with Crippen molar-refractivity contribution < 1.29 is 9.21 Å². The fourth-order valence-electron chi connectivity index (χ4n) is 3.87. The Labute approximate surface area is 173 Å². The molecule has 3 heterocycles. The number of carbonyl (C=O) groups is 1. The van der Waals surface area contributed by atoms with E-state index in [9.17, 15) is 14.4 Å². The smallest absolute Gasteiger partial charge is 0.331 e. The third kappa shape index (κ3) is 3.72. The zero-order chi connectivity index (χ0) is 21.3. The van der Waals surface area contributed by atoms with Crippen LogP contribution in [-0.2, 0) is 20.5 Å². The fraction of sp³-hybridized carbons (Fsp3) is 0.364. The third-order valence-electron chi connectivity index (χ3n) is 5.59. The van der Waals surface area contributed by atoms with Crippen LogP contribution in [0.25, 0.3) is 0 Å². The molecule has 8 nitrogen and oxygen atoms in total. The summed E-state index contributed by atoms with van der Waals surface area (Å²) < 4.78 is 8.20. The molecule has 8 heteroatoms. The van der Waals surface area contributed by atoms with Gasteiger partial charge in [-0.25, -0.2) is 9.78 Å². The topological polar surface area (TPSA) is 90.3 Å². The predicted molar refractivity (Wildman–Crippen MR) is 110 cm³/mol. The van der Waals surface area contributed by atoms with E-state index < -0.39 is 11.2 Å². The first-order chi connectivity index (χ1) is 14.5. The number of nitrogens with zero attached hydrogens (tertiary/aromatic N) is 4. The minimum Gasteiger partial charge on any atom is -0.443 e. The van der Waals surface area contributed by atoms with Gasteiger partial charge in [0.1, 0.15) is 17.5 Å². The van der Waals surface area contributed by atoms with E-state index in [0.717, 1.165) is 35.2 Å². The predicted octanol–water partition coefficient (Wildman–Crippen LogP) is 2.03. The van der Waals surface area contributed by atoms with E-state index in [2.05, 4.69) is 4.98 Å². The highest BCUT2D eigenvalue weighted by atomic mass is 16.4. The van der Waals surface area contributed by atoms with Gasteiger partial charge in [0.15, 0.2) is 0 Å². The van der Waals surface area contributed by atoms with Crippen molar-refractivity contribution >= 4 is 5.91 Å². The van der Waals surface area contributed by atoms with Crippen LogP contribution >= 0.6 is 0 Å². The Morgan fingerprint density at radius 2 is 1.90 bits per heavy atom. The number of aromatic nitrogens is 3. The van der Waals surface area contributed by atoms with Crippen molar-refractivity contribution in [1.29, 1.82) is 0 Å². The quantitative estimate of drug-likeness (QED) is 0.659. The summed E-state index contributed by atoms with van der Waals surface area (Å²) in [6.07, 6.45) is 4.83. The summed E-state index contributed by atoms with van der Waals surface area (Å²) >= 11 is 0. The molecule has 1 aliphatic rings. The van der Waals surface area contributed by atoms with Crippen molar-refractivity contribution in [2.75, 3.05) is 6.54 Å². The number of benzene rings is 1. The SMILES string of the molecule is Cn1c(C(=O)N2CCCC[C@@H]2c2ncc(Cc3ccccc3)o2)cc(=O)n(C)c1=O. The summed E-state index contributed by atoms with van der Waals surface area (Å²) in [5.74, 6) is 0.859. The molecule has 156 valence electrons. The normalized spacial score (nSPS) is 16.6. The van der Waals surface area contributed by atoms with E-state index in [0.29, 0.717) is 18.9 Å². The molecule has 30 heavy (non-hydrogen) atoms. The largest absolute Gasteiger partial charge is 0.443 e. The molecule has 0 spiro atoms. The second-order valence-corrected chi connectivity index (χ2v) is 7.61. The molecule has 0 bridgehead atoms. The van der Waals surface area contributed by atoms with Crippen LogP contribution in [0.15, 0.2) is 56.6 Å². The first-order valence-electron chi connectivity index (χ1n) is 10.0. The van der Waals surface area contributed by atoms with Gasteiger partial charge in [-0.1, -0.05) is 30.3 Å². The number of carbonyl (C=O) groups excluding carboxylic acids is 1. The molecule has 1 aliphatic heterocycles. The van der Waals surface area contributed by atoms with Gasteiger partial charge >= 0.3 is 5.69 Å². The molecular weight excluding hydrogens is 384 g/mol. The zero-order valence-corrected chi connectivity index (χ0v) is 17.1. The minimum atomic E-state index is -0.527. The van der Waals surface area contributed by atoms with E-state index in [1.165, 1.54) is 24.7 Å². The number of hydrogen-bond donors (Lipinski definition) is 0. The molecule has 0 aliphatic carbocycles. The Morgan fingerprint density at radius 3 is 2.67 bits per heavy atom. The molecule has 1 aromatic carbocycles. The summed E-state index contributed by atoms with van der Waals surface area (Å²) in [7, 11) is 2.89. The van der Waals surface area contributed by atoms with E-state index in [1.54, 1.807) is 11.1 Å². The molecule has 0 radical (unpaired) electrons. The Bertz CT molecular complexity index is 1180. The molecule has 4 rings (SSSR count). The molecule has 1 atom stereocenters. The van der Waals surface area contributed by atoms with E-state index in [4.69, 9.17) is 4.42 Å². The summed E-state index contributed by atoms with van der Waals surface area (Å²) in [5.41, 5.74) is 0.162. The Morgan fingerprint density at radius 1 is 1.13 bits per heavy atom. The van der Waals surface area contributed by atoms with Gasteiger partial charge in [-0.3, -0.25) is 18.7 Å². The van der Waals surface area contributed by atoms with E-state index in [-0.39, 0.29) is 17.6 Å². The molecule has 2 aromatic heterocycles. The highest BCUT2D eigenvalue weighted by molar-refractivity contribution is 5.92. The van der Waals surface area contributed by atoms with Crippen molar-refractivity contribution in [2.24, 2.45) is 14.1 Å². The van der Waals surface area contributed by atoms with E-state index >= 15 is 0 Å². The van der Waals surface area contributed by atoms with Gasteiger partial charge in [0.25, 0.3) is 11.5 Å². The van der Waals surface area contributed by atoms with Gasteiger partial charge in [-0.15, -0.1) is 0 Å². The first kappa shape index (κ1) is 19.9. The Balaban J connectivity index is 1.62. The van der Waals surface area contributed by atoms with Crippen molar-refractivity contribution in [3.63, 3.8) is 0 Å². The lowest BCUT2D eigenvalue weighted by Crippen LogP contribution is -2.44. The first-order valence-corrected chi connectivity index (χ1v) is 10.0.